The van der Waals surface area contributed by atoms with Crippen LogP contribution in [0.3, 0.4) is 0 Å². The van der Waals surface area contributed by atoms with Crippen molar-refractivity contribution < 1.29 is 14.6 Å². The van der Waals surface area contributed by atoms with Crippen LogP contribution in [0.2, 0.25) is 0 Å². The van der Waals surface area contributed by atoms with Crippen molar-refractivity contribution in [3.63, 3.8) is 0 Å². The molecule has 1 aromatic rings. The lowest BCUT2D eigenvalue weighted by atomic mass is 9.45. The Balaban J connectivity index is 1.35. The van der Waals surface area contributed by atoms with Gasteiger partial charge < -0.3 is 9.84 Å². The van der Waals surface area contributed by atoms with Gasteiger partial charge in [0.25, 0.3) is 0 Å². The second-order valence-corrected chi connectivity index (χ2v) is 12.6. The van der Waals surface area contributed by atoms with Gasteiger partial charge in [0, 0.05) is 18.3 Å². The molecule has 0 bridgehead atoms. The van der Waals surface area contributed by atoms with E-state index < -0.39 is 5.79 Å². The van der Waals surface area contributed by atoms with Crippen molar-refractivity contribution in [3.05, 3.63) is 47.0 Å². The van der Waals surface area contributed by atoms with Crippen molar-refractivity contribution in [2.75, 3.05) is 0 Å². The Morgan fingerprint density at radius 1 is 1.06 bits per heavy atom. The van der Waals surface area contributed by atoms with Gasteiger partial charge in [0.05, 0.1) is 6.61 Å². The van der Waals surface area contributed by atoms with Gasteiger partial charge in [-0.25, -0.2) is 0 Å². The molecule has 186 valence electrons. The highest BCUT2D eigenvalue weighted by atomic mass is 16.6. The predicted octanol–water partition coefficient (Wildman–Crippen LogP) is 7.15. The van der Waals surface area contributed by atoms with Crippen LogP contribution in [0.15, 0.2) is 35.9 Å². The van der Waals surface area contributed by atoms with Crippen LogP contribution < -0.4 is 0 Å². The molecule has 3 saturated carbocycles. The van der Waals surface area contributed by atoms with Crippen LogP contribution in [-0.4, -0.2) is 16.7 Å². The van der Waals surface area contributed by atoms with E-state index in [0.29, 0.717) is 43.0 Å². The molecule has 7 atom stereocenters. The monoisotopic (exact) mass is 464 g/mol. The zero-order valence-corrected chi connectivity index (χ0v) is 22.0. The summed E-state index contributed by atoms with van der Waals surface area (Å²) in [6.45, 7) is 11.5. The number of hydrogen-bond acceptors (Lipinski definition) is 3. The van der Waals surface area contributed by atoms with E-state index >= 15 is 0 Å². The largest absolute Gasteiger partial charge is 0.365 e. The summed E-state index contributed by atoms with van der Waals surface area (Å²) < 4.78 is 6.16. The number of carbonyl (C=O) groups is 1. The van der Waals surface area contributed by atoms with Gasteiger partial charge >= 0.3 is 0 Å². The number of fused-ring (bicyclic) bond motifs is 5. The van der Waals surface area contributed by atoms with E-state index in [0.717, 1.165) is 31.2 Å². The van der Waals surface area contributed by atoms with E-state index in [2.05, 4.69) is 58.0 Å². The number of benzene rings is 1. The topological polar surface area (TPSA) is 46.5 Å². The van der Waals surface area contributed by atoms with Gasteiger partial charge in [0.1, 0.15) is 5.78 Å². The molecule has 1 aromatic carbocycles. The van der Waals surface area contributed by atoms with E-state index in [4.69, 9.17) is 4.74 Å². The Morgan fingerprint density at radius 2 is 1.76 bits per heavy atom. The van der Waals surface area contributed by atoms with E-state index in [1.54, 1.807) is 0 Å². The molecule has 3 nitrogen and oxygen atoms in total. The van der Waals surface area contributed by atoms with Gasteiger partial charge in [-0.1, -0.05) is 62.2 Å². The number of aryl methyl sites for hydroxylation is 1. The Morgan fingerprint density at radius 3 is 2.44 bits per heavy atom. The molecule has 34 heavy (non-hydrogen) atoms. The predicted molar refractivity (Wildman–Crippen MR) is 136 cm³/mol. The summed E-state index contributed by atoms with van der Waals surface area (Å²) in [5.74, 6) is 1.33. The zero-order chi connectivity index (χ0) is 24.4. The number of carbonyl (C=O) groups excluding carboxylic acids is 1. The average Bonchev–Trinajstić information content (AvgIpc) is 3.13. The first-order valence-corrected chi connectivity index (χ1v) is 13.7. The van der Waals surface area contributed by atoms with E-state index in [1.807, 2.05) is 6.92 Å². The van der Waals surface area contributed by atoms with Gasteiger partial charge in [-0.2, -0.15) is 0 Å². The molecule has 0 spiro atoms. The molecule has 3 fully saturated rings. The fourth-order valence-corrected chi connectivity index (χ4v) is 9.19. The first-order valence-electron chi connectivity index (χ1n) is 13.7. The highest BCUT2D eigenvalue weighted by Crippen LogP contribution is 2.70. The first kappa shape index (κ1) is 24.3. The summed E-state index contributed by atoms with van der Waals surface area (Å²) in [4.78, 5) is 12.9. The van der Waals surface area contributed by atoms with Gasteiger partial charge in [0.2, 0.25) is 0 Å². The summed E-state index contributed by atoms with van der Waals surface area (Å²) in [6.07, 6.45) is 11.5. The molecule has 4 aliphatic rings. The average molecular weight is 465 g/mol. The maximum Gasteiger partial charge on any atom is 0.169 e. The van der Waals surface area contributed by atoms with Crippen LogP contribution in [0, 0.1) is 40.9 Å². The lowest BCUT2D eigenvalue weighted by Gasteiger charge is -2.60. The molecule has 0 aliphatic heterocycles. The third kappa shape index (κ3) is 3.48. The van der Waals surface area contributed by atoms with Crippen molar-refractivity contribution in [1.29, 1.82) is 0 Å². The number of hydrogen-bond donors (Lipinski definition) is 1. The fraction of sp³-hybridized carbons (Fsp3) is 0.710. The van der Waals surface area contributed by atoms with Crippen LogP contribution in [-0.2, 0) is 16.1 Å². The number of Topliss-reactive ketones (excluding diaryl/α,β-unsaturated/α-hetero) is 1. The molecule has 0 radical (unpaired) electrons. The maximum atomic E-state index is 12.9. The molecular formula is C31H44O3. The van der Waals surface area contributed by atoms with Crippen LogP contribution in [0.5, 0.6) is 0 Å². The minimum atomic E-state index is -1.06. The third-order valence-corrected chi connectivity index (χ3v) is 11.4. The summed E-state index contributed by atoms with van der Waals surface area (Å²) in [6, 6.07) is 8.38. The zero-order valence-electron chi connectivity index (χ0n) is 22.0. The normalized spacial score (nSPS) is 43.5. The quantitative estimate of drug-likeness (QED) is 0.372. The Kier molecular flexibility index (Phi) is 5.92. The highest BCUT2D eigenvalue weighted by molar-refractivity contribution is 5.83. The standard InChI is InChI=1S/C31H44O3/c1-6-30(22(3)32)16-14-27-25-12-11-24-19-31(33,34-20-23-9-7-21(2)8-10-23)18-17-28(24,4)26(25)13-15-29(27,30)5/h7-11,25-27,33H,6,12-20H2,1-5H3/t25?,26?,27?,28-,29-,30+,31-/m0/s1. The SMILES string of the molecule is CC[C@]1(C(C)=O)CCC2C3CC=C4C[C@@](O)(OCc5ccc(C)cc5)CC[C@]4(C)C3CC[C@@]21C. The van der Waals surface area contributed by atoms with Gasteiger partial charge in [-0.3, -0.25) is 4.79 Å². The number of ether oxygens (including phenoxy) is 1. The Labute approximate surface area is 206 Å². The Bertz CT molecular complexity index is 979. The molecule has 1 N–H and O–H groups in total. The summed E-state index contributed by atoms with van der Waals surface area (Å²) in [5.41, 5.74) is 3.94. The number of allylic oxidation sites excluding steroid dienone is 1. The van der Waals surface area contributed by atoms with Crippen molar-refractivity contribution >= 4 is 5.78 Å². The van der Waals surface area contributed by atoms with Crippen LogP contribution in [0.4, 0.5) is 0 Å². The molecule has 3 heteroatoms. The fourth-order valence-electron chi connectivity index (χ4n) is 9.19. The molecule has 0 saturated heterocycles. The first-order chi connectivity index (χ1) is 16.1. The van der Waals surface area contributed by atoms with E-state index in [-0.39, 0.29) is 16.2 Å². The second kappa shape index (κ2) is 8.30. The molecule has 5 rings (SSSR count). The van der Waals surface area contributed by atoms with Crippen molar-refractivity contribution in [2.24, 2.45) is 34.0 Å². The minimum Gasteiger partial charge on any atom is -0.365 e. The summed E-state index contributed by atoms with van der Waals surface area (Å²) in [7, 11) is 0. The lowest BCUT2D eigenvalue weighted by molar-refractivity contribution is -0.231. The number of aliphatic hydroxyl groups is 1. The van der Waals surface area contributed by atoms with Gasteiger partial charge in [-0.15, -0.1) is 0 Å². The van der Waals surface area contributed by atoms with Crippen LogP contribution >= 0.6 is 0 Å². The summed E-state index contributed by atoms with van der Waals surface area (Å²) in [5, 5.41) is 11.4. The third-order valence-electron chi connectivity index (χ3n) is 11.4. The van der Waals surface area contributed by atoms with Gasteiger partial charge in [0.15, 0.2) is 5.79 Å². The minimum absolute atomic E-state index is 0.121. The van der Waals surface area contributed by atoms with E-state index in [9.17, 15) is 9.90 Å². The highest BCUT2D eigenvalue weighted by Gasteiger charge is 2.65. The van der Waals surface area contributed by atoms with E-state index in [1.165, 1.54) is 30.4 Å². The van der Waals surface area contributed by atoms with Crippen LogP contribution in [0.1, 0.15) is 96.6 Å². The van der Waals surface area contributed by atoms with Gasteiger partial charge in [-0.05, 0) is 92.9 Å². The number of rotatable bonds is 5. The molecule has 0 amide bonds. The molecule has 0 heterocycles. The molecule has 0 aromatic heterocycles. The molecular weight excluding hydrogens is 420 g/mol. The van der Waals surface area contributed by atoms with Crippen molar-refractivity contribution in [3.8, 4) is 0 Å². The molecule has 3 unspecified atom stereocenters. The smallest absolute Gasteiger partial charge is 0.169 e. The molecule has 4 aliphatic carbocycles. The van der Waals surface area contributed by atoms with Crippen molar-refractivity contribution in [2.45, 2.75) is 105 Å². The van der Waals surface area contributed by atoms with Crippen LogP contribution in [0.25, 0.3) is 0 Å². The van der Waals surface area contributed by atoms with Crippen molar-refractivity contribution in [1.82, 2.24) is 0 Å². The Hall–Kier alpha value is -1.45. The summed E-state index contributed by atoms with van der Waals surface area (Å²) >= 11 is 0. The second-order valence-electron chi connectivity index (χ2n) is 12.6. The number of ketones is 1. The maximum absolute atomic E-state index is 12.9. The lowest BCUT2D eigenvalue weighted by Crippen LogP contribution is -2.55.